The summed E-state index contributed by atoms with van der Waals surface area (Å²) in [7, 11) is 0. The Balaban J connectivity index is 2.58. The van der Waals surface area contributed by atoms with Crippen molar-refractivity contribution >= 4 is 16.8 Å². The molecule has 3 heteroatoms. The third kappa shape index (κ3) is 2.43. The lowest BCUT2D eigenvalue weighted by atomic mass is 9.89. The lowest BCUT2D eigenvalue weighted by Gasteiger charge is -2.21. The van der Waals surface area contributed by atoms with Crippen LogP contribution in [-0.4, -0.2) is 17.0 Å². The molecule has 0 unspecified atom stereocenters. The minimum atomic E-state index is -0.345. The molecule has 0 fully saturated rings. The fourth-order valence-corrected chi connectivity index (χ4v) is 2.25. The number of para-hydroxylation sites is 1. The first-order valence-electron chi connectivity index (χ1n) is 6.85. The summed E-state index contributed by atoms with van der Waals surface area (Å²) in [6.07, 6.45) is 3.58. The first kappa shape index (κ1) is 13.8. The van der Waals surface area contributed by atoms with Gasteiger partial charge in [-0.1, -0.05) is 39.0 Å². The van der Waals surface area contributed by atoms with Crippen LogP contribution >= 0.6 is 0 Å². The number of rotatable bonds is 4. The molecule has 0 saturated heterocycles. The Kier molecular flexibility index (Phi) is 3.76. The molecular weight excluding hydrogens is 236 g/mol. The van der Waals surface area contributed by atoms with Crippen molar-refractivity contribution in [3.63, 3.8) is 0 Å². The lowest BCUT2D eigenvalue weighted by Crippen LogP contribution is -2.28. The van der Waals surface area contributed by atoms with Gasteiger partial charge in [-0.25, -0.2) is 0 Å². The minimum Gasteiger partial charge on any atom is -0.330 e. The number of nitrogens with zero attached hydrogens (tertiary/aromatic N) is 1. The number of fused-ring (bicyclic) bond motifs is 1. The van der Waals surface area contributed by atoms with E-state index in [1.165, 1.54) is 0 Å². The molecular formula is C16H22N2O. The third-order valence-electron chi connectivity index (χ3n) is 3.89. The number of hydrogen-bond acceptors (Lipinski definition) is 2. The van der Waals surface area contributed by atoms with Crippen molar-refractivity contribution in [2.75, 3.05) is 6.54 Å². The Morgan fingerprint density at radius 3 is 2.63 bits per heavy atom. The van der Waals surface area contributed by atoms with E-state index in [0.29, 0.717) is 6.54 Å². The van der Waals surface area contributed by atoms with Crippen molar-refractivity contribution in [3.8, 4) is 0 Å². The van der Waals surface area contributed by atoms with Gasteiger partial charge in [0.1, 0.15) is 0 Å². The monoisotopic (exact) mass is 258 g/mol. The van der Waals surface area contributed by atoms with Crippen LogP contribution in [0, 0.1) is 5.41 Å². The topological polar surface area (TPSA) is 48.0 Å². The third-order valence-corrected chi connectivity index (χ3v) is 3.89. The van der Waals surface area contributed by atoms with Crippen molar-refractivity contribution in [3.05, 3.63) is 36.0 Å². The fraction of sp³-hybridized carbons (Fsp3) is 0.438. The average Bonchev–Trinajstić information content (AvgIpc) is 2.77. The van der Waals surface area contributed by atoms with Crippen LogP contribution in [-0.2, 0) is 6.42 Å². The molecule has 1 aromatic carbocycles. The molecule has 2 rings (SSSR count). The van der Waals surface area contributed by atoms with Crippen LogP contribution < -0.4 is 5.73 Å². The van der Waals surface area contributed by atoms with Crippen molar-refractivity contribution < 1.29 is 4.79 Å². The highest BCUT2D eigenvalue weighted by atomic mass is 16.2. The van der Waals surface area contributed by atoms with Gasteiger partial charge in [-0.2, -0.15) is 0 Å². The highest BCUT2D eigenvalue weighted by Crippen LogP contribution is 2.28. The predicted octanol–water partition coefficient (Wildman–Crippen LogP) is 3.22. The second kappa shape index (κ2) is 5.17. The highest BCUT2D eigenvalue weighted by Gasteiger charge is 2.28. The summed E-state index contributed by atoms with van der Waals surface area (Å²) in [4.78, 5) is 12.7. The molecule has 0 aliphatic rings. The van der Waals surface area contributed by atoms with Crippen LogP contribution in [0.1, 0.15) is 37.6 Å². The molecule has 1 aromatic heterocycles. The van der Waals surface area contributed by atoms with Crippen LogP contribution in [0.15, 0.2) is 30.5 Å². The van der Waals surface area contributed by atoms with Crippen molar-refractivity contribution in [1.29, 1.82) is 0 Å². The van der Waals surface area contributed by atoms with E-state index in [4.69, 9.17) is 5.73 Å². The van der Waals surface area contributed by atoms with Gasteiger partial charge >= 0.3 is 0 Å². The van der Waals surface area contributed by atoms with Crippen LogP contribution in [0.3, 0.4) is 0 Å². The maximum absolute atomic E-state index is 12.7. The van der Waals surface area contributed by atoms with E-state index in [-0.39, 0.29) is 11.3 Å². The van der Waals surface area contributed by atoms with Crippen LogP contribution in [0.25, 0.3) is 10.9 Å². The number of benzene rings is 1. The summed E-state index contributed by atoms with van der Waals surface area (Å²) in [5.74, 6) is 0.148. The molecule has 0 atom stereocenters. The zero-order valence-electron chi connectivity index (χ0n) is 11.9. The Morgan fingerprint density at radius 1 is 1.32 bits per heavy atom. The van der Waals surface area contributed by atoms with Crippen LogP contribution in [0.5, 0.6) is 0 Å². The smallest absolute Gasteiger partial charge is 0.236 e. The van der Waals surface area contributed by atoms with E-state index in [2.05, 4.69) is 6.07 Å². The molecule has 0 aliphatic carbocycles. The quantitative estimate of drug-likeness (QED) is 0.915. The van der Waals surface area contributed by atoms with Gasteiger partial charge < -0.3 is 5.73 Å². The molecule has 1 heterocycles. The van der Waals surface area contributed by atoms with Crippen LogP contribution in [0.4, 0.5) is 0 Å². The molecule has 19 heavy (non-hydrogen) atoms. The predicted molar refractivity (Wildman–Crippen MR) is 79.4 cm³/mol. The molecule has 0 spiro atoms. The molecule has 2 N–H and O–H groups in total. The molecule has 0 radical (unpaired) electrons. The number of carbonyl (C=O) groups is 1. The number of hydrogen-bond donors (Lipinski definition) is 1. The van der Waals surface area contributed by atoms with E-state index < -0.39 is 0 Å². The van der Waals surface area contributed by atoms with Gasteiger partial charge in [0, 0.05) is 17.0 Å². The summed E-state index contributed by atoms with van der Waals surface area (Å²) >= 11 is 0. The van der Waals surface area contributed by atoms with Gasteiger partial charge in [-0.05, 0) is 31.0 Å². The summed E-state index contributed by atoms with van der Waals surface area (Å²) in [5, 5.41) is 1.13. The molecule has 0 aliphatic heterocycles. The molecule has 0 bridgehead atoms. The van der Waals surface area contributed by atoms with Gasteiger partial charge in [0.25, 0.3) is 0 Å². The summed E-state index contributed by atoms with van der Waals surface area (Å²) < 4.78 is 1.80. The van der Waals surface area contributed by atoms with E-state index in [1.54, 1.807) is 4.57 Å². The highest BCUT2D eigenvalue weighted by molar-refractivity contribution is 5.96. The van der Waals surface area contributed by atoms with Gasteiger partial charge in [-0.3, -0.25) is 9.36 Å². The Labute approximate surface area is 114 Å². The van der Waals surface area contributed by atoms with Gasteiger partial charge in [0.2, 0.25) is 5.91 Å². The van der Waals surface area contributed by atoms with Crippen LogP contribution in [0.2, 0.25) is 0 Å². The summed E-state index contributed by atoms with van der Waals surface area (Å²) in [5.41, 5.74) is 7.44. The van der Waals surface area contributed by atoms with Gasteiger partial charge in [0.15, 0.2) is 0 Å². The number of carbonyl (C=O) groups excluding carboxylic acids is 1. The maximum atomic E-state index is 12.7. The van der Waals surface area contributed by atoms with Crippen molar-refractivity contribution in [2.45, 2.75) is 33.6 Å². The molecule has 3 nitrogen and oxygen atoms in total. The SMILES string of the molecule is CCC(C)(C)C(=O)n1cc(CCN)c2ccccc21. The average molecular weight is 258 g/mol. The summed E-state index contributed by atoms with van der Waals surface area (Å²) in [6, 6.07) is 8.03. The zero-order chi connectivity index (χ0) is 14.0. The minimum absolute atomic E-state index is 0.148. The normalized spacial score (nSPS) is 12.0. The van der Waals surface area contributed by atoms with Gasteiger partial charge in [-0.15, -0.1) is 0 Å². The van der Waals surface area contributed by atoms with E-state index >= 15 is 0 Å². The van der Waals surface area contributed by atoms with E-state index in [0.717, 1.165) is 29.3 Å². The number of aromatic nitrogens is 1. The zero-order valence-corrected chi connectivity index (χ0v) is 11.9. The first-order chi connectivity index (χ1) is 9.01. The number of nitrogens with two attached hydrogens (primary N) is 1. The van der Waals surface area contributed by atoms with E-state index in [9.17, 15) is 4.79 Å². The fourth-order valence-electron chi connectivity index (χ4n) is 2.25. The molecule has 102 valence electrons. The molecule has 2 aromatic rings. The summed E-state index contributed by atoms with van der Waals surface area (Å²) in [6.45, 7) is 6.63. The van der Waals surface area contributed by atoms with Gasteiger partial charge in [0.05, 0.1) is 5.52 Å². The second-order valence-corrected chi connectivity index (χ2v) is 5.62. The largest absolute Gasteiger partial charge is 0.330 e. The Morgan fingerprint density at radius 2 is 2.00 bits per heavy atom. The molecule has 0 amide bonds. The standard InChI is InChI=1S/C16H22N2O/c1-4-16(2,3)15(19)18-11-12(9-10-17)13-7-5-6-8-14(13)18/h5-8,11H,4,9-10,17H2,1-3H3. The maximum Gasteiger partial charge on any atom is 0.236 e. The Hall–Kier alpha value is -1.61. The van der Waals surface area contributed by atoms with E-state index in [1.807, 2.05) is 45.2 Å². The molecule has 0 saturated carbocycles. The van der Waals surface area contributed by atoms with Crippen molar-refractivity contribution in [2.24, 2.45) is 11.1 Å². The van der Waals surface area contributed by atoms with Crippen molar-refractivity contribution in [1.82, 2.24) is 4.57 Å². The lowest BCUT2D eigenvalue weighted by molar-refractivity contribution is 0.0745. The second-order valence-electron chi connectivity index (χ2n) is 5.62. The first-order valence-corrected chi connectivity index (χ1v) is 6.85. The Bertz CT molecular complexity index is 596.